The van der Waals surface area contributed by atoms with Crippen LogP contribution in [0.3, 0.4) is 0 Å². The highest BCUT2D eigenvalue weighted by Gasteiger charge is 2.61. The summed E-state index contributed by atoms with van der Waals surface area (Å²) in [4.78, 5) is 49.0. The Balaban J connectivity index is 1.35. The molecule has 1 N–H and O–H groups in total. The number of likely N-dealkylation sites (tertiary alicyclic amines) is 2. The highest BCUT2D eigenvalue weighted by Crippen LogP contribution is 2.46. The number of likely N-dealkylation sites (N-methyl/N-ethyl adjacent to an activating group) is 1. The number of urea groups is 1. The van der Waals surface area contributed by atoms with Crippen LogP contribution in [0.25, 0.3) is 0 Å². The van der Waals surface area contributed by atoms with E-state index in [0.29, 0.717) is 60.5 Å². The van der Waals surface area contributed by atoms with Crippen molar-refractivity contribution in [2.24, 2.45) is 0 Å². The number of piperazine rings is 1. The monoisotopic (exact) mass is 670 g/mol. The number of quaternary nitrogens is 1. The third kappa shape index (κ3) is 6.40. The number of amides is 3. The molecular formula is C34H44Cl2N6O4. The van der Waals surface area contributed by atoms with Gasteiger partial charge in [0, 0.05) is 92.0 Å². The highest BCUT2D eigenvalue weighted by atomic mass is 35.5. The number of carboxylic acid groups (broad SMARTS) is 1. The number of fused-ring (bicyclic) bond motifs is 1. The molecular weight excluding hydrogens is 627 g/mol. The van der Waals surface area contributed by atoms with E-state index in [9.17, 15) is 19.5 Å². The van der Waals surface area contributed by atoms with Gasteiger partial charge in [0.1, 0.15) is 12.8 Å². The molecule has 4 aliphatic heterocycles. The van der Waals surface area contributed by atoms with E-state index in [-0.39, 0.29) is 31.6 Å². The second-order valence-electron chi connectivity index (χ2n) is 13.5. The Bertz CT molecular complexity index is 1430. The molecule has 0 saturated carbocycles. The van der Waals surface area contributed by atoms with E-state index in [1.165, 1.54) is 0 Å². The molecule has 0 radical (unpaired) electrons. The molecule has 3 fully saturated rings. The molecule has 6 rings (SSSR count). The van der Waals surface area contributed by atoms with E-state index in [4.69, 9.17) is 23.2 Å². The minimum Gasteiger partial charge on any atom is -0.498 e. The lowest BCUT2D eigenvalue weighted by Gasteiger charge is -2.62. The smallest absolute Gasteiger partial charge is 0.322 e. The number of para-hydroxylation sites is 1. The molecule has 3 atom stereocenters. The van der Waals surface area contributed by atoms with Crippen molar-refractivity contribution in [1.82, 2.24) is 19.6 Å². The number of hydrogen-bond acceptors (Lipinski definition) is 7. The quantitative estimate of drug-likeness (QED) is 0.352. The van der Waals surface area contributed by atoms with Gasteiger partial charge in [-0.15, -0.1) is 0 Å². The first-order chi connectivity index (χ1) is 22.1. The lowest BCUT2D eigenvalue weighted by molar-refractivity contribution is -0.956. The first-order valence-electron chi connectivity index (χ1n) is 16.4. The van der Waals surface area contributed by atoms with Crippen molar-refractivity contribution < 1.29 is 24.0 Å². The molecule has 0 bridgehead atoms. The Labute approximate surface area is 281 Å². The topological polar surface area (TPSA) is 99.3 Å². The van der Waals surface area contributed by atoms with Gasteiger partial charge in [-0.05, 0) is 56.1 Å². The van der Waals surface area contributed by atoms with Crippen molar-refractivity contribution in [2.75, 3.05) is 64.7 Å². The average molecular weight is 672 g/mol. The molecule has 3 amide bonds. The maximum atomic E-state index is 13.7. The zero-order valence-electron chi connectivity index (χ0n) is 26.5. The third-order valence-corrected chi connectivity index (χ3v) is 11.5. The predicted molar refractivity (Wildman–Crippen MR) is 177 cm³/mol. The van der Waals surface area contributed by atoms with Crippen LogP contribution in [-0.4, -0.2) is 120 Å². The fourth-order valence-corrected chi connectivity index (χ4v) is 9.13. The molecule has 10 nitrogen and oxygen atoms in total. The van der Waals surface area contributed by atoms with Gasteiger partial charge in [-0.25, -0.2) is 4.79 Å². The van der Waals surface area contributed by atoms with Gasteiger partial charge in [-0.2, -0.15) is 0 Å². The summed E-state index contributed by atoms with van der Waals surface area (Å²) in [5, 5.41) is 17.5. The van der Waals surface area contributed by atoms with E-state index >= 15 is 0 Å². The normalized spacial score (nSPS) is 28.7. The summed E-state index contributed by atoms with van der Waals surface area (Å²) < 4.78 is -0.451. The molecule has 2 unspecified atom stereocenters. The summed E-state index contributed by atoms with van der Waals surface area (Å²) in [7, 11) is 2.15. The van der Waals surface area contributed by atoms with E-state index in [1.807, 2.05) is 29.2 Å². The SMILES string of the molecule is CN1CCN(C2CCN(C3(CC=O)CC(N4CCc5ccccc5NC4=O)CC[N@+]3(Cc3cc(Cl)cc(Cl)c3)C(=O)[O-])CC2)CC1. The summed E-state index contributed by atoms with van der Waals surface area (Å²) in [5.74, 6) is 0. The lowest BCUT2D eigenvalue weighted by Crippen LogP contribution is -2.80. The summed E-state index contributed by atoms with van der Waals surface area (Å²) in [5.41, 5.74) is 1.40. The number of aldehydes is 1. The Morgan fingerprint density at radius 2 is 1.70 bits per heavy atom. The first kappa shape index (κ1) is 33.2. The number of nitrogens with zero attached hydrogens (tertiary/aromatic N) is 5. The molecule has 4 heterocycles. The van der Waals surface area contributed by atoms with Gasteiger partial charge < -0.3 is 29.8 Å². The van der Waals surface area contributed by atoms with Gasteiger partial charge in [0.15, 0.2) is 5.66 Å². The van der Waals surface area contributed by atoms with Crippen LogP contribution in [0.1, 0.15) is 43.2 Å². The number of carbonyl (C=O) groups excluding carboxylic acids is 3. The van der Waals surface area contributed by atoms with Crippen LogP contribution < -0.4 is 10.4 Å². The molecule has 0 aromatic heterocycles. The molecule has 248 valence electrons. The third-order valence-electron chi connectivity index (χ3n) is 11.0. The Morgan fingerprint density at radius 1 is 1.00 bits per heavy atom. The number of carbonyl (C=O) groups is 3. The van der Waals surface area contributed by atoms with Crippen molar-refractivity contribution in [3.05, 3.63) is 63.6 Å². The average Bonchev–Trinajstić information content (AvgIpc) is 3.20. The number of nitrogens with one attached hydrogen (secondary N) is 1. The maximum absolute atomic E-state index is 13.7. The van der Waals surface area contributed by atoms with Crippen molar-refractivity contribution in [1.29, 1.82) is 0 Å². The fourth-order valence-electron chi connectivity index (χ4n) is 8.56. The van der Waals surface area contributed by atoms with Crippen LogP contribution in [0.4, 0.5) is 15.3 Å². The molecule has 2 aromatic carbocycles. The van der Waals surface area contributed by atoms with Crippen molar-refractivity contribution in [3.8, 4) is 0 Å². The van der Waals surface area contributed by atoms with E-state index in [1.54, 1.807) is 18.2 Å². The van der Waals surface area contributed by atoms with Crippen molar-refractivity contribution >= 4 is 47.3 Å². The van der Waals surface area contributed by atoms with E-state index in [0.717, 1.165) is 56.6 Å². The van der Waals surface area contributed by atoms with Gasteiger partial charge in [-0.1, -0.05) is 41.4 Å². The minimum absolute atomic E-state index is 0.000633. The van der Waals surface area contributed by atoms with Crippen LogP contribution in [0.15, 0.2) is 42.5 Å². The Kier molecular flexibility index (Phi) is 9.94. The Hall–Kier alpha value is -2.73. The number of hydrogen-bond donors (Lipinski definition) is 1. The molecule has 0 aliphatic carbocycles. The van der Waals surface area contributed by atoms with Crippen LogP contribution in [0.2, 0.25) is 10.0 Å². The lowest BCUT2D eigenvalue weighted by atomic mass is 9.81. The van der Waals surface area contributed by atoms with E-state index < -0.39 is 16.2 Å². The molecule has 2 aromatic rings. The standard InChI is InChI=1S/C34H44Cl2N6O4/c1-38-14-16-39(17-15-38)29-7-11-40(12-8-29)34(10-19-43)23-30(41-13-6-26-4-2-3-5-31(26)37-32(41)44)9-18-42(34,33(45)46)24-25-20-27(35)22-28(36)21-25/h2-5,19-22,29-30H,6-18,23-24H2,1H3,(H-,37,44,45,46)/t30?,34?,42-/m0/s1. The number of anilines is 1. The molecule has 12 heteroatoms. The summed E-state index contributed by atoms with van der Waals surface area (Å²) in [6.45, 7) is 6.17. The highest BCUT2D eigenvalue weighted by molar-refractivity contribution is 6.34. The van der Waals surface area contributed by atoms with Gasteiger partial charge in [0.05, 0.1) is 13.0 Å². The summed E-state index contributed by atoms with van der Waals surface area (Å²) in [6, 6.07) is 12.9. The molecule has 4 aliphatic rings. The van der Waals surface area contributed by atoms with Crippen LogP contribution in [0.5, 0.6) is 0 Å². The second-order valence-corrected chi connectivity index (χ2v) is 14.4. The van der Waals surface area contributed by atoms with Crippen LogP contribution >= 0.6 is 23.2 Å². The van der Waals surface area contributed by atoms with E-state index in [2.05, 4.69) is 27.1 Å². The first-order valence-corrected chi connectivity index (χ1v) is 17.2. The van der Waals surface area contributed by atoms with Crippen molar-refractivity contribution in [3.63, 3.8) is 0 Å². The van der Waals surface area contributed by atoms with Crippen LogP contribution in [-0.2, 0) is 17.8 Å². The van der Waals surface area contributed by atoms with Gasteiger partial charge in [-0.3, -0.25) is 14.3 Å². The van der Waals surface area contributed by atoms with Crippen LogP contribution in [0, 0.1) is 0 Å². The number of benzene rings is 2. The van der Waals surface area contributed by atoms with Gasteiger partial charge in [0.2, 0.25) is 0 Å². The molecule has 3 saturated heterocycles. The Morgan fingerprint density at radius 3 is 2.37 bits per heavy atom. The molecule has 46 heavy (non-hydrogen) atoms. The maximum Gasteiger partial charge on any atom is 0.322 e. The summed E-state index contributed by atoms with van der Waals surface area (Å²) in [6.07, 6.45) is 2.85. The summed E-state index contributed by atoms with van der Waals surface area (Å²) >= 11 is 12.8. The number of piperidine rings is 2. The van der Waals surface area contributed by atoms with Gasteiger partial charge in [0.25, 0.3) is 6.09 Å². The van der Waals surface area contributed by atoms with Gasteiger partial charge >= 0.3 is 6.03 Å². The fraction of sp³-hybridized carbons (Fsp3) is 0.559. The minimum atomic E-state index is -1.23. The largest absolute Gasteiger partial charge is 0.498 e. The van der Waals surface area contributed by atoms with Crippen molar-refractivity contribution in [2.45, 2.75) is 62.8 Å². The zero-order chi connectivity index (χ0) is 32.5. The second kappa shape index (κ2) is 13.8. The molecule has 0 spiro atoms. The number of halogens is 2. The number of rotatable bonds is 7. The predicted octanol–water partition coefficient (Wildman–Crippen LogP) is 3.90. The zero-order valence-corrected chi connectivity index (χ0v) is 28.0.